The van der Waals surface area contributed by atoms with Gasteiger partial charge in [0.15, 0.2) is 5.82 Å². The Morgan fingerprint density at radius 1 is 0.367 bits per heavy atom. The average Bonchev–Trinajstić information content (AvgIpc) is 3.53. The molecule has 2 heterocycles. The van der Waals surface area contributed by atoms with Crippen LogP contribution in [0, 0.1) is 0 Å². The molecule has 0 N–H and O–H groups in total. The van der Waals surface area contributed by atoms with Gasteiger partial charge in [-0.3, -0.25) is 0 Å². The standard InChI is InChI=1S/C46H28N2O/c1-2-11-32(12-3-1)44-38-16-8-9-17-42(38)47-46(48-44)37-26-39(45-41(27-37)40-25-34-14-6-7-15-35(34)28-43(40)49-45)31-21-18-30(19-22-31)36-23-20-29-10-4-5-13-33(29)24-36/h1-28H. The Labute approximate surface area is 282 Å². The Bertz CT molecular complexity index is 2870. The van der Waals surface area contributed by atoms with E-state index in [0.717, 1.165) is 66.2 Å². The van der Waals surface area contributed by atoms with Gasteiger partial charge in [0.2, 0.25) is 0 Å². The number of benzene rings is 8. The molecule has 0 radical (unpaired) electrons. The summed E-state index contributed by atoms with van der Waals surface area (Å²) in [5, 5.41) is 7.96. The molecule has 0 spiro atoms. The fourth-order valence-electron chi connectivity index (χ4n) is 7.14. The lowest BCUT2D eigenvalue weighted by molar-refractivity contribution is 0.670. The second-order valence-corrected chi connectivity index (χ2v) is 12.6. The van der Waals surface area contributed by atoms with Crippen LogP contribution in [0.4, 0.5) is 0 Å². The number of para-hydroxylation sites is 1. The molecule has 49 heavy (non-hydrogen) atoms. The lowest BCUT2D eigenvalue weighted by Crippen LogP contribution is -1.95. The van der Waals surface area contributed by atoms with Crippen molar-refractivity contribution in [3.8, 4) is 44.9 Å². The Balaban J connectivity index is 1.20. The monoisotopic (exact) mass is 624 g/mol. The molecule has 0 aliphatic rings. The molecule has 0 aliphatic heterocycles. The van der Waals surface area contributed by atoms with Crippen molar-refractivity contribution < 1.29 is 4.42 Å². The van der Waals surface area contributed by atoms with Gasteiger partial charge >= 0.3 is 0 Å². The summed E-state index contributed by atoms with van der Waals surface area (Å²) in [6.07, 6.45) is 0. The first-order chi connectivity index (χ1) is 24.2. The molecule has 10 rings (SSSR count). The summed E-state index contributed by atoms with van der Waals surface area (Å²) in [6, 6.07) is 59.8. The average molecular weight is 625 g/mol. The van der Waals surface area contributed by atoms with Gasteiger partial charge in [0.05, 0.1) is 11.2 Å². The second-order valence-electron chi connectivity index (χ2n) is 12.6. The second kappa shape index (κ2) is 11.0. The van der Waals surface area contributed by atoms with Crippen LogP contribution in [0.5, 0.6) is 0 Å². The van der Waals surface area contributed by atoms with Gasteiger partial charge in [-0.05, 0) is 74.6 Å². The normalized spacial score (nSPS) is 11.7. The third-order valence-corrected chi connectivity index (χ3v) is 9.63. The minimum atomic E-state index is 0.684. The van der Waals surface area contributed by atoms with Gasteiger partial charge < -0.3 is 4.42 Å². The number of rotatable bonds is 4. The first kappa shape index (κ1) is 27.5. The van der Waals surface area contributed by atoms with Crippen LogP contribution in [0.2, 0.25) is 0 Å². The molecule has 0 saturated carbocycles. The van der Waals surface area contributed by atoms with E-state index < -0.39 is 0 Å². The highest BCUT2D eigenvalue weighted by atomic mass is 16.3. The number of hydrogen-bond acceptors (Lipinski definition) is 3. The van der Waals surface area contributed by atoms with E-state index in [0.29, 0.717) is 5.82 Å². The van der Waals surface area contributed by atoms with Crippen LogP contribution < -0.4 is 0 Å². The van der Waals surface area contributed by atoms with Gasteiger partial charge in [-0.2, -0.15) is 0 Å². The predicted octanol–water partition coefficient (Wildman–Crippen LogP) is 12.5. The maximum absolute atomic E-state index is 6.72. The van der Waals surface area contributed by atoms with Crippen LogP contribution in [0.15, 0.2) is 174 Å². The highest BCUT2D eigenvalue weighted by Crippen LogP contribution is 2.41. The summed E-state index contributed by atoms with van der Waals surface area (Å²) in [5.41, 5.74) is 10.0. The van der Waals surface area contributed by atoms with E-state index in [-0.39, 0.29) is 0 Å². The molecule has 0 unspecified atom stereocenters. The summed E-state index contributed by atoms with van der Waals surface area (Å²) in [4.78, 5) is 10.4. The van der Waals surface area contributed by atoms with E-state index in [1.807, 2.05) is 18.2 Å². The zero-order valence-electron chi connectivity index (χ0n) is 26.5. The predicted molar refractivity (Wildman–Crippen MR) is 204 cm³/mol. The quantitative estimate of drug-likeness (QED) is 0.196. The summed E-state index contributed by atoms with van der Waals surface area (Å²) < 4.78 is 6.72. The van der Waals surface area contributed by atoms with E-state index in [4.69, 9.17) is 14.4 Å². The molecule has 0 fully saturated rings. The molecular weight excluding hydrogens is 597 g/mol. The molecule has 0 bridgehead atoms. The van der Waals surface area contributed by atoms with Crippen molar-refractivity contribution in [2.75, 3.05) is 0 Å². The van der Waals surface area contributed by atoms with Gasteiger partial charge in [-0.1, -0.05) is 133 Å². The molecule has 0 atom stereocenters. The van der Waals surface area contributed by atoms with Crippen molar-refractivity contribution in [3.05, 3.63) is 170 Å². The van der Waals surface area contributed by atoms with Crippen LogP contribution in [0.3, 0.4) is 0 Å². The summed E-state index contributed by atoms with van der Waals surface area (Å²) >= 11 is 0. The van der Waals surface area contributed by atoms with Crippen molar-refractivity contribution in [3.63, 3.8) is 0 Å². The van der Waals surface area contributed by atoms with E-state index >= 15 is 0 Å². The molecule has 3 nitrogen and oxygen atoms in total. The number of hydrogen-bond donors (Lipinski definition) is 0. The SMILES string of the molecule is c1ccc(-c2nc(-c3cc(-c4ccc(-c5ccc6ccccc6c5)cc4)c4oc5cc6ccccc6cc5c4c3)nc3ccccc23)cc1. The topological polar surface area (TPSA) is 38.9 Å². The minimum Gasteiger partial charge on any atom is -0.455 e. The summed E-state index contributed by atoms with van der Waals surface area (Å²) in [7, 11) is 0. The van der Waals surface area contributed by atoms with Gasteiger partial charge in [-0.25, -0.2) is 9.97 Å². The highest BCUT2D eigenvalue weighted by Gasteiger charge is 2.19. The van der Waals surface area contributed by atoms with E-state index in [2.05, 4.69) is 152 Å². The fourth-order valence-corrected chi connectivity index (χ4v) is 7.14. The van der Waals surface area contributed by atoms with Crippen LogP contribution in [-0.4, -0.2) is 9.97 Å². The lowest BCUT2D eigenvalue weighted by atomic mass is 9.95. The highest BCUT2D eigenvalue weighted by molar-refractivity contribution is 6.14. The third-order valence-electron chi connectivity index (χ3n) is 9.63. The molecular formula is C46H28N2O. The Morgan fingerprint density at radius 3 is 1.84 bits per heavy atom. The fraction of sp³-hybridized carbons (Fsp3) is 0. The van der Waals surface area contributed by atoms with Gasteiger partial charge in [0.25, 0.3) is 0 Å². The number of fused-ring (bicyclic) bond motifs is 6. The molecule has 10 aromatic rings. The Morgan fingerprint density at radius 2 is 1.02 bits per heavy atom. The number of nitrogens with zero attached hydrogens (tertiary/aromatic N) is 2. The molecule has 0 saturated heterocycles. The van der Waals surface area contributed by atoms with Crippen LogP contribution in [0.25, 0.3) is 99.3 Å². The van der Waals surface area contributed by atoms with E-state index in [1.165, 1.54) is 27.3 Å². The molecule has 8 aromatic carbocycles. The van der Waals surface area contributed by atoms with Gasteiger partial charge in [-0.15, -0.1) is 0 Å². The van der Waals surface area contributed by atoms with Crippen molar-refractivity contribution in [1.82, 2.24) is 9.97 Å². The lowest BCUT2D eigenvalue weighted by Gasteiger charge is -2.12. The van der Waals surface area contributed by atoms with Crippen molar-refractivity contribution in [2.24, 2.45) is 0 Å². The van der Waals surface area contributed by atoms with Crippen LogP contribution >= 0.6 is 0 Å². The molecule has 0 amide bonds. The van der Waals surface area contributed by atoms with Crippen molar-refractivity contribution >= 4 is 54.4 Å². The smallest absolute Gasteiger partial charge is 0.160 e. The van der Waals surface area contributed by atoms with Gasteiger partial charge in [0, 0.05) is 32.8 Å². The Kier molecular flexibility index (Phi) is 6.18. The Hall–Kier alpha value is -6.58. The summed E-state index contributed by atoms with van der Waals surface area (Å²) in [5.74, 6) is 0.684. The molecule has 2 aromatic heterocycles. The summed E-state index contributed by atoms with van der Waals surface area (Å²) in [6.45, 7) is 0. The number of aromatic nitrogens is 2. The van der Waals surface area contributed by atoms with E-state index in [1.54, 1.807) is 0 Å². The van der Waals surface area contributed by atoms with Crippen LogP contribution in [-0.2, 0) is 0 Å². The minimum absolute atomic E-state index is 0.684. The first-order valence-corrected chi connectivity index (χ1v) is 16.6. The molecule has 228 valence electrons. The molecule has 0 aliphatic carbocycles. The van der Waals surface area contributed by atoms with Gasteiger partial charge in [0.1, 0.15) is 11.2 Å². The van der Waals surface area contributed by atoms with Crippen LogP contribution in [0.1, 0.15) is 0 Å². The first-order valence-electron chi connectivity index (χ1n) is 16.6. The zero-order chi connectivity index (χ0) is 32.3. The maximum atomic E-state index is 6.72. The van der Waals surface area contributed by atoms with Crippen molar-refractivity contribution in [2.45, 2.75) is 0 Å². The molecule has 3 heteroatoms. The maximum Gasteiger partial charge on any atom is 0.160 e. The third kappa shape index (κ3) is 4.67. The largest absolute Gasteiger partial charge is 0.455 e. The van der Waals surface area contributed by atoms with E-state index in [9.17, 15) is 0 Å². The van der Waals surface area contributed by atoms with Crippen molar-refractivity contribution in [1.29, 1.82) is 0 Å². The number of furan rings is 1. The zero-order valence-corrected chi connectivity index (χ0v) is 26.5.